The van der Waals surface area contributed by atoms with E-state index >= 15 is 0 Å². The summed E-state index contributed by atoms with van der Waals surface area (Å²) in [6, 6.07) is 6.06. The van der Waals surface area contributed by atoms with Gasteiger partial charge in [0, 0.05) is 4.47 Å². The SMILES string of the molecule is Cl.O=S(=O)(O)c1ccccc1Br. The minimum Gasteiger partial charge on any atom is -0.282 e. The first-order valence-electron chi connectivity index (χ1n) is 2.74. The Hall–Kier alpha value is -0.100. The molecule has 3 nitrogen and oxygen atoms in total. The van der Waals surface area contributed by atoms with E-state index in [0.717, 1.165) is 0 Å². The van der Waals surface area contributed by atoms with Crippen LogP contribution in [0, 0.1) is 0 Å². The van der Waals surface area contributed by atoms with Gasteiger partial charge in [-0.2, -0.15) is 8.42 Å². The zero-order valence-electron chi connectivity index (χ0n) is 5.77. The Kier molecular flexibility index (Phi) is 4.19. The first kappa shape index (κ1) is 11.9. The summed E-state index contributed by atoms with van der Waals surface area (Å²) in [6.07, 6.45) is 0. The third-order valence-corrected chi connectivity index (χ3v) is 2.98. The van der Waals surface area contributed by atoms with Gasteiger partial charge in [-0.1, -0.05) is 12.1 Å². The zero-order chi connectivity index (χ0) is 8.48. The summed E-state index contributed by atoms with van der Waals surface area (Å²) in [5.41, 5.74) is 0. The average molecular weight is 274 g/mol. The van der Waals surface area contributed by atoms with Gasteiger partial charge in [-0.15, -0.1) is 12.4 Å². The van der Waals surface area contributed by atoms with Crippen LogP contribution in [-0.4, -0.2) is 13.0 Å². The molecule has 0 fully saturated rings. The van der Waals surface area contributed by atoms with E-state index in [4.69, 9.17) is 4.55 Å². The minimum absolute atomic E-state index is 0. The fourth-order valence-electron chi connectivity index (χ4n) is 0.654. The second-order valence-corrected chi connectivity index (χ2v) is 4.15. The summed E-state index contributed by atoms with van der Waals surface area (Å²) in [6.45, 7) is 0. The molecule has 12 heavy (non-hydrogen) atoms. The summed E-state index contributed by atoms with van der Waals surface area (Å²) in [4.78, 5) is -0.111. The van der Waals surface area contributed by atoms with Crippen LogP contribution in [-0.2, 0) is 10.1 Å². The molecule has 0 amide bonds. The lowest BCUT2D eigenvalue weighted by atomic mass is 10.4. The minimum atomic E-state index is -4.08. The highest BCUT2D eigenvalue weighted by Crippen LogP contribution is 2.20. The largest absolute Gasteiger partial charge is 0.295 e. The lowest BCUT2D eigenvalue weighted by Crippen LogP contribution is -1.98. The molecule has 0 aliphatic carbocycles. The topological polar surface area (TPSA) is 54.4 Å². The Balaban J connectivity index is 0.00000121. The van der Waals surface area contributed by atoms with E-state index in [9.17, 15) is 8.42 Å². The van der Waals surface area contributed by atoms with Crippen molar-refractivity contribution in [3.8, 4) is 0 Å². The molecule has 1 rings (SSSR count). The third-order valence-electron chi connectivity index (χ3n) is 1.11. The number of hydrogen-bond acceptors (Lipinski definition) is 2. The zero-order valence-corrected chi connectivity index (χ0v) is 8.99. The molecule has 0 saturated carbocycles. The molecule has 0 unspecified atom stereocenters. The summed E-state index contributed by atoms with van der Waals surface area (Å²) in [5, 5.41) is 0. The van der Waals surface area contributed by atoms with E-state index in [1.54, 1.807) is 12.1 Å². The maximum absolute atomic E-state index is 10.6. The molecule has 0 heterocycles. The van der Waals surface area contributed by atoms with Crippen molar-refractivity contribution in [3.63, 3.8) is 0 Å². The van der Waals surface area contributed by atoms with Crippen molar-refractivity contribution in [2.45, 2.75) is 4.90 Å². The van der Waals surface area contributed by atoms with Gasteiger partial charge in [0.2, 0.25) is 0 Å². The predicted octanol–water partition coefficient (Wildman–Crippen LogP) is 2.12. The van der Waals surface area contributed by atoms with Crippen molar-refractivity contribution >= 4 is 38.5 Å². The number of benzene rings is 1. The molecule has 0 aliphatic rings. The van der Waals surface area contributed by atoms with Gasteiger partial charge in [0.05, 0.1) is 0 Å². The van der Waals surface area contributed by atoms with Crippen LogP contribution in [0.4, 0.5) is 0 Å². The van der Waals surface area contributed by atoms with Gasteiger partial charge in [0.25, 0.3) is 10.1 Å². The van der Waals surface area contributed by atoms with Crippen LogP contribution < -0.4 is 0 Å². The molecule has 0 spiro atoms. The molecule has 0 saturated heterocycles. The van der Waals surface area contributed by atoms with Gasteiger partial charge < -0.3 is 0 Å². The Morgan fingerprint density at radius 2 is 1.75 bits per heavy atom. The monoisotopic (exact) mass is 272 g/mol. The maximum Gasteiger partial charge on any atom is 0.295 e. The number of halogens is 2. The molecular formula is C6H6BrClO3S. The Bertz CT molecular complexity index is 363. The normalized spacial score (nSPS) is 10.5. The summed E-state index contributed by atoms with van der Waals surface area (Å²) < 4.78 is 30.1. The van der Waals surface area contributed by atoms with Crippen molar-refractivity contribution < 1.29 is 13.0 Å². The van der Waals surface area contributed by atoms with Crippen LogP contribution in [0.3, 0.4) is 0 Å². The van der Waals surface area contributed by atoms with Crippen LogP contribution in [0.25, 0.3) is 0 Å². The van der Waals surface area contributed by atoms with E-state index in [2.05, 4.69) is 15.9 Å². The molecule has 1 aromatic rings. The van der Waals surface area contributed by atoms with Crippen molar-refractivity contribution in [2.75, 3.05) is 0 Å². The first-order chi connectivity index (χ1) is 5.02. The van der Waals surface area contributed by atoms with Gasteiger partial charge in [0.1, 0.15) is 4.90 Å². The van der Waals surface area contributed by atoms with Crippen molar-refractivity contribution in [3.05, 3.63) is 28.7 Å². The lowest BCUT2D eigenvalue weighted by Gasteiger charge is -1.97. The highest BCUT2D eigenvalue weighted by atomic mass is 79.9. The van der Waals surface area contributed by atoms with E-state index < -0.39 is 10.1 Å². The van der Waals surface area contributed by atoms with Gasteiger partial charge in [-0.3, -0.25) is 4.55 Å². The quantitative estimate of drug-likeness (QED) is 0.798. The van der Waals surface area contributed by atoms with Gasteiger partial charge in [-0.05, 0) is 28.1 Å². The fraction of sp³-hybridized carbons (Fsp3) is 0. The molecule has 0 bridgehead atoms. The number of rotatable bonds is 1. The molecule has 6 heteroatoms. The third kappa shape index (κ3) is 2.75. The highest BCUT2D eigenvalue weighted by molar-refractivity contribution is 9.10. The second-order valence-electron chi connectivity index (χ2n) is 1.91. The molecule has 0 aromatic heterocycles. The van der Waals surface area contributed by atoms with Crippen molar-refractivity contribution in [2.24, 2.45) is 0 Å². The van der Waals surface area contributed by atoms with Crippen molar-refractivity contribution in [1.82, 2.24) is 0 Å². The average Bonchev–Trinajstić information content (AvgIpc) is 1.86. The van der Waals surface area contributed by atoms with E-state index in [0.29, 0.717) is 4.47 Å². The molecule has 1 N–H and O–H groups in total. The Morgan fingerprint density at radius 3 is 2.08 bits per heavy atom. The Morgan fingerprint density at radius 1 is 1.25 bits per heavy atom. The van der Waals surface area contributed by atoms with E-state index in [-0.39, 0.29) is 17.3 Å². The van der Waals surface area contributed by atoms with Crippen LogP contribution >= 0.6 is 28.3 Å². The van der Waals surface area contributed by atoms with Crippen LogP contribution in [0.15, 0.2) is 33.6 Å². The molecule has 1 aromatic carbocycles. The Labute approximate surface area is 85.1 Å². The summed E-state index contributed by atoms with van der Waals surface area (Å²) >= 11 is 2.99. The van der Waals surface area contributed by atoms with Crippen molar-refractivity contribution in [1.29, 1.82) is 0 Å². The lowest BCUT2D eigenvalue weighted by molar-refractivity contribution is 0.482. The molecular weight excluding hydrogens is 267 g/mol. The standard InChI is InChI=1S/C6H5BrO3S.ClH/c7-5-3-1-2-4-6(5)11(8,9)10;/h1-4H,(H,8,9,10);1H. The first-order valence-corrected chi connectivity index (χ1v) is 4.97. The summed E-state index contributed by atoms with van der Waals surface area (Å²) in [7, 11) is -4.08. The van der Waals surface area contributed by atoms with Gasteiger partial charge in [0.15, 0.2) is 0 Å². The fourth-order valence-corrected chi connectivity index (χ4v) is 2.12. The molecule has 0 radical (unpaired) electrons. The van der Waals surface area contributed by atoms with E-state index in [1.165, 1.54) is 12.1 Å². The van der Waals surface area contributed by atoms with Gasteiger partial charge in [-0.25, -0.2) is 0 Å². The smallest absolute Gasteiger partial charge is 0.282 e. The number of hydrogen-bond donors (Lipinski definition) is 1. The maximum atomic E-state index is 10.6. The van der Waals surface area contributed by atoms with Crippen LogP contribution in [0.5, 0.6) is 0 Å². The second kappa shape index (κ2) is 4.23. The van der Waals surface area contributed by atoms with Crippen LogP contribution in [0.1, 0.15) is 0 Å². The molecule has 68 valence electrons. The highest BCUT2D eigenvalue weighted by Gasteiger charge is 2.11. The molecule has 0 atom stereocenters. The molecule has 0 aliphatic heterocycles. The van der Waals surface area contributed by atoms with Crippen LogP contribution in [0.2, 0.25) is 0 Å². The summed E-state index contributed by atoms with van der Waals surface area (Å²) in [5.74, 6) is 0. The van der Waals surface area contributed by atoms with E-state index in [1.807, 2.05) is 0 Å². The van der Waals surface area contributed by atoms with Gasteiger partial charge >= 0.3 is 0 Å². The predicted molar refractivity (Wildman–Crippen MR) is 51.2 cm³/mol.